The van der Waals surface area contributed by atoms with Gasteiger partial charge in [-0.3, -0.25) is 9.59 Å². The molecule has 0 aromatic carbocycles. The molecule has 0 aromatic heterocycles. The molecule has 0 rings (SSSR count). The highest BCUT2D eigenvalue weighted by Gasteiger charge is 2.21. The molecule has 0 aliphatic rings. The van der Waals surface area contributed by atoms with Crippen LogP contribution >= 0.6 is 0 Å². The van der Waals surface area contributed by atoms with Crippen LogP contribution in [0.5, 0.6) is 0 Å². The number of hydrogen-bond acceptors (Lipinski definition) is 3. The molecule has 88 valence electrons. The molecule has 5 heteroatoms. The number of primary amides is 1. The van der Waals surface area contributed by atoms with Crippen LogP contribution < -0.4 is 11.1 Å². The molecule has 0 saturated heterocycles. The van der Waals surface area contributed by atoms with Crippen LogP contribution in [0.2, 0.25) is 0 Å². The summed E-state index contributed by atoms with van der Waals surface area (Å²) in [6.45, 7) is 4.32. The van der Waals surface area contributed by atoms with Gasteiger partial charge < -0.3 is 16.2 Å². The Hall–Kier alpha value is -1.10. The molecule has 0 aliphatic carbocycles. The highest BCUT2D eigenvalue weighted by molar-refractivity contribution is 5.78. The van der Waals surface area contributed by atoms with Crippen molar-refractivity contribution in [3.63, 3.8) is 0 Å². The molecular formula is C10H20N2O3. The van der Waals surface area contributed by atoms with E-state index >= 15 is 0 Å². The molecule has 0 saturated carbocycles. The van der Waals surface area contributed by atoms with Crippen LogP contribution in [-0.4, -0.2) is 29.6 Å². The number of carbonyl (C=O) groups excluding carboxylic acids is 1. The van der Waals surface area contributed by atoms with Gasteiger partial charge in [-0.1, -0.05) is 20.3 Å². The molecule has 5 nitrogen and oxygen atoms in total. The Morgan fingerprint density at radius 3 is 2.47 bits per heavy atom. The topological polar surface area (TPSA) is 92.4 Å². The maximum Gasteiger partial charge on any atom is 0.320 e. The molecule has 0 heterocycles. The number of nitrogens with one attached hydrogen (secondary N) is 1. The molecule has 0 spiro atoms. The quantitative estimate of drug-likeness (QED) is 0.510. The van der Waals surface area contributed by atoms with Crippen molar-refractivity contribution in [2.24, 2.45) is 11.7 Å². The predicted octanol–water partition coefficient (Wildman–Crippen LogP) is 0.341. The Labute approximate surface area is 90.0 Å². The van der Waals surface area contributed by atoms with Crippen molar-refractivity contribution in [3.8, 4) is 0 Å². The molecule has 0 bridgehead atoms. The highest BCUT2D eigenvalue weighted by Crippen LogP contribution is 2.05. The lowest BCUT2D eigenvalue weighted by atomic mass is 10.0. The van der Waals surface area contributed by atoms with Gasteiger partial charge in [0.1, 0.15) is 6.04 Å². The molecular weight excluding hydrogens is 196 g/mol. The van der Waals surface area contributed by atoms with Gasteiger partial charge in [0.2, 0.25) is 5.91 Å². The number of rotatable bonds is 8. The van der Waals surface area contributed by atoms with E-state index in [2.05, 4.69) is 5.32 Å². The lowest BCUT2D eigenvalue weighted by Gasteiger charge is -2.16. The second kappa shape index (κ2) is 7.23. The molecule has 2 atom stereocenters. The number of amides is 1. The maximum absolute atomic E-state index is 10.8. The third kappa shape index (κ3) is 6.06. The fraction of sp³-hybridized carbons (Fsp3) is 0.800. The van der Waals surface area contributed by atoms with Crippen LogP contribution in [-0.2, 0) is 9.59 Å². The minimum atomic E-state index is -0.931. The van der Waals surface area contributed by atoms with Gasteiger partial charge in [-0.25, -0.2) is 0 Å². The summed E-state index contributed by atoms with van der Waals surface area (Å²) in [5.74, 6) is -1.81. The van der Waals surface area contributed by atoms with Crippen molar-refractivity contribution in [2.75, 3.05) is 6.54 Å². The van der Waals surface area contributed by atoms with Crippen molar-refractivity contribution >= 4 is 11.9 Å². The molecule has 0 radical (unpaired) electrons. The summed E-state index contributed by atoms with van der Waals surface area (Å²) in [6, 6.07) is -0.681. The first-order chi connectivity index (χ1) is 6.99. The Morgan fingerprint density at radius 1 is 1.47 bits per heavy atom. The monoisotopic (exact) mass is 216 g/mol. The van der Waals surface area contributed by atoms with E-state index in [-0.39, 0.29) is 6.42 Å². The average molecular weight is 216 g/mol. The highest BCUT2D eigenvalue weighted by atomic mass is 16.4. The van der Waals surface area contributed by atoms with Crippen molar-refractivity contribution < 1.29 is 14.7 Å². The first kappa shape index (κ1) is 13.9. The summed E-state index contributed by atoms with van der Waals surface area (Å²) in [4.78, 5) is 21.6. The van der Waals surface area contributed by atoms with Crippen molar-refractivity contribution in [1.82, 2.24) is 5.32 Å². The normalized spacial score (nSPS) is 14.5. The first-order valence-corrected chi connectivity index (χ1v) is 5.24. The van der Waals surface area contributed by atoms with Gasteiger partial charge >= 0.3 is 5.97 Å². The van der Waals surface area contributed by atoms with Crippen molar-refractivity contribution in [3.05, 3.63) is 0 Å². The fourth-order valence-electron chi connectivity index (χ4n) is 1.19. The number of carbonyl (C=O) groups is 2. The second-order valence-corrected chi connectivity index (χ2v) is 3.74. The lowest BCUT2D eigenvalue weighted by molar-refractivity contribution is -0.140. The third-order valence-electron chi connectivity index (χ3n) is 2.29. The molecule has 0 aromatic rings. The zero-order valence-electron chi connectivity index (χ0n) is 9.32. The van der Waals surface area contributed by atoms with Crippen LogP contribution in [0.3, 0.4) is 0 Å². The summed E-state index contributed by atoms with van der Waals surface area (Å²) >= 11 is 0. The van der Waals surface area contributed by atoms with Gasteiger partial charge in [0, 0.05) is 5.92 Å². The first-order valence-electron chi connectivity index (χ1n) is 5.24. The smallest absolute Gasteiger partial charge is 0.320 e. The number of unbranched alkanes of at least 4 members (excludes halogenated alkanes) is 1. The minimum Gasteiger partial charge on any atom is -0.480 e. The molecule has 0 aliphatic heterocycles. The summed E-state index contributed by atoms with van der Waals surface area (Å²) in [5, 5.41) is 11.8. The Balaban J connectivity index is 4.04. The molecule has 0 fully saturated rings. The van der Waals surface area contributed by atoms with Crippen LogP contribution in [0.4, 0.5) is 0 Å². The van der Waals surface area contributed by atoms with E-state index in [0.717, 1.165) is 12.8 Å². The van der Waals surface area contributed by atoms with Gasteiger partial charge in [-0.05, 0) is 19.4 Å². The van der Waals surface area contributed by atoms with E-state index in [9.17, 15) is 9.59 Å². The van der Waals surface area contributed by atoms with Crippen LogP contribution in [0.15, 0.2) is 0 Å². The van der Waals surface area contributed by atoms with E-state index < -0.39 is 23.8 Å². The molecule has 15 heavy (non-hydrogen) atoms. The Morgan fingerprint density at radius 2 is 2.07 bits per heavy atom. The fourth-order valence-corrected chi connectivity index (χ4v) is 1.19. The summed E-state index contributed by atoms with van der Waals surface area (Å²) in [7, 11) is 0. The van der Waals surface area contributed by atoms with Gasteiger partial charge in [0.05, 0.1) is 0 Å². The summed E-state index contributed by atoms with van der Waals surface area (Å²) in [6.07, 6.45) is 2.17. The van der Waals surface area contributed by atoms with Crippen LogP contribution in [0.25, 0.3) is 0 Å². The Bertz CT molecular complexity index is 219. The van der Waals surface area contributed by atoms with Gasteiger partial charge in [0.15, 0.2) is 0 Å². The molecule has 1 amide bonds. The summed E-state index contributed by atoms with van der Waals surface area (Å²) < 4.78 is 0. The van der Waals surface area contributed by atoms with E-state index in [1.54, 1.807) is 6.92 Å². The van der Waals surface area contributed by atoms with E-state index in [1.807, 2.05) is 6.92 Å². The number of carboxylic acid groups (broad SMARTS) is 1. The second-order valence-electron chi connectivity index (χ2n) is 3.74. The van der Waals surface area contributed by atoms with Gasteiger partial charge in [-0.2, -0.15) is 0 Å². The maximum atomic E-state index is 10.8. The summed E-state index contributed by atoms with van der Waals surface area (Å²) in [5.41, 5.74) is 5.08. The lowest BCUT2D eigenvalue weighted by Crippen LogP contribution is -2.40. The van der Waals surface area contributed by atoms with E-state index in [4.69, 9.17) is 10.8 Å². The average Bonchev–Trinajstić information content (AvgIpc) is 2.15. The van der Waals surface area contributed by atoms with Crippen LogP contribution in [0, 0.1) is 5.92 Å². The van der Waals surface area contributed by atoms with Crippen molar-refractivity contribution in [1.29, 1.82) is 0 Å². The van der Waals surface area contributed by atoms with E-state index in [0.29, 0.717) is 6.54 Å². The number of nitrogens with two attached hydrogens (primary N) is 1. The third-order valence-corrected chi connectivity index (χ3v) is 2.29. The number of carboxylic acids is 1. The minimum absolute atomic E-state index is 0.244. The SMILES string of the molecule is CCCCN[C@@H](CC(C)C(N)=O)C(=O)O. The van der Waals surface area contributed by atoms with Gasteiger partial charge in [-0.15, -0.1) is 0 Å². The Kier molecular flexibility index (Phi) is 6.70. The standard InChI is InChI=1S/C10H20N2O3/c1-3-4-5-12-8(10(14)15)6-7(2)9(11)13/h7-8,12H,3-6H2,1-2H3,(H2,11,13)(H,14,15)/t7?,8-/m0/s1. The largest absolute Gasteiger partial charge is 0.480 e. The van der Waals surface area contributed by atoms with E-state index in [1.165, 1.54) is 0 Å². The number of hydrogen-bond donors (Lipinski definition) is 3. The zero-order valence-corrected chi connectivity index (χ0v) is 9.32. The molecule has 4 N–H and O–H groups in total. The van der Waals surface area contributed by atoms with Crippen LogP contribution in [0.1, 0.15) is 33.1 Å². The zero-order chi connectivity index (χ0) is 11.8. The number of aliphatic carboxylic acids is 1. The molecule has 1 unspecified atom stereocenters. The van der Waals surface area contributed by atoms with Gasteiger partial charge in [0.25, 0.3) is 0 Å². The van der Waals surface area contributed by atoms with Crippen molar-refractivity contribution in [2.45, 2.75) is 39.2 Å². The predicted molar refractivity (Wildman–Crippen MR) is 57.3 cm³/mol.